The normalized spacial score (nSPS) is 12.2. The van der Waals surface area contributed by atoms with Crippen molar-refractivity contribution in [3.05, 3.63) is 35.8 Å². The molecule has 0 spiro atoms. The molecule has 0 aliphatic carbocycles. The average molecular weight is 263 g/mol. The molecule has 1 heterocycles. The number of fused-ring (bicyclic) bond motifs is 1. The number of aryl methyl sites for hydroxylation is 1. The summed E-state index contributed by atoms with van der Waals surface area (Å²) in [7, 11) is 1.28. The number of benzene rings is 1. The lowest BCUT2D eigenvalue weighted by molar-refractivity contribution is -0.147. The van der Waals surface area contributed by atoms with Gasteiger partial charge < -0.3 is 9.47 Å². The summed E-state index contributed by atoms with van der Waals surface area (Å²) in [6.07, 6.45) is 0.712. The highest BCUT2D eigenvalue weighted by molar-refractivity contribution is 5.88. The molecule has 0 aliphatic rings. The number of aromatic nitrogens is 1. The van der Waals surface area contributed by atoms with Crippen molar-refractivity contribution in [1.29, 1.82) is 0 Å². The van der Waals surface area contributed by atoms with Crippen molar-refractivity contribution in [3.8, 4) is 5.75 Å². The molecule has 4 nitrogen and oxygen atoms in total. The Labute approximate surface area is 110 Å². The maximum absolute atomic E-state index is 13.9. The predicted molar refractivity (Wildman–Crippen MR) is 68.5 cm³/mol. The summed E-state index contributed by atoms with van der Waals surface area (Å²) >= 11 is 0. The first-order chi connectivity index (χ1) is 9.04. The van der Waals surface area contributed by atoms with Crippen molar-refractivity contribution in [2.75, 3.05) is 7.11 Å². The van der Waals surface area contributed by atoms with Crippen LogP contribution in [0.25, 0.3) is 10.9 Å². The van der Waals surface area contributed by atoms with E-state index in [1.165, 1.54) is 25.4 Å². The smallest absolute Gasteiger partial charge is 0.346 e. The predicted octanol–water partition coefficient (Wildman–Crippen LogP) is 2.62. The van der Waals surface area contributed by atoms with Gasteiger partial charge in [-0.25, -0.2) is 9.18 Å². The van der Waals surface area contributed by atoms with Gasteiger partial charge in [0.1, 0.15) is 11.6 Å². The van der Waals surface area contributed by atoms with Gasteiger partial charge in [-0.15, -0.1) is 0 Å². The number of ether oxygens (including phenoxy) is 2. The molecule has 5 heteroatoms. The minimum atomic E-state index is -0.810. The summed E-state index contributed by atoms with van der Waals surface area (Å²) in [5.41, 5.74) is 1.36. The van der Waals surface area contributed by atoms with Crippen LogP contribution >= 0.6 is 0 Å². The van der Waals surface area contributed by atoms with Crippen LogP contribution in [0.1, 0.15) is 12.5 Å². The number of pyridine rings is 1. The Morgan fingerprint density at radius 3 is 2.79 bits per heavy atom. The van der Waals surface area contributed by atoms with Crippen LogP contribution in [-0.4, -0.2) is 24.2 Å². The van der Waals surface area contributed by atoms with E-state index in [1.54, 1.807) is 13.0 Å². The van der Waals surface area contributed by atoms with E-state index >= 15 is 0 Å². The third-order valence-electron chi connectivity index (χ3n) is 2.84. The summed E-state index contributed by atoms with van der Waals surface area (Å²) in [6, 6.07) is 4.54. The van der Waals surface area contributed by atoms with Crippen molar-refractivity contribution in [2.24, 2.45) is 0 Å². The van der Waals surface area contributed by atoms with Crippen LogP contribution in [0.3, 0.4) is 0 Å². The number of carbonyl (C=O) groups is 1. The summed E-state index contributed by atoms with van der Waals surface area (Å²) in [4.78, 5) is 15.5. The van der Waals surface area contributed by atoms with Gasteiger partial charge in [0.05, 0.1) is 18.0 Å². The lowest BCUT2D eigenvalue weighted by Crippen LogP contribution is -2.25. The number of carbonyl (C=O) groups excluding carboxylic acids is 1. The SMILES string of the molecule is COC(=O)[C@H](C)Oc1ccnc2c(C)ccc(F)c12. The highest BCUT2D eigenvalue weighted by Gasteiger charge is 2.18. The number of halogens is 1. The second kappa shape index (κ2) is 5.22. The number of esters is 1. The Morgan fingerprint density at radius 1 is 1.37 bits per heavy atom. The third kappa shape index (κ3) is 2.50. The van der Waals surface area contributed by atoms with Crippen LogP contribution in [0.2, 0.25) is 0 Å². The van der Waals surface area contributed by atoms with Gasteiger partial charge in [-0.2, -0.15) is 0 Å². The molecule has 2 aromatic rings. The molecule has 0 unspecified atom stereocenters. The molecule has 1 atom stereocenters. The minimum Gasteiger partial charge on any atom is -0.478 e. The van der Waals surface area contributed by atoms with Crippen LogP contribution < -0.4 is 4.74 Å². The lowest BCUT2D eigenvalue weighted by Gasteiger charge is -2.14. The maximum Gasteiger partial charge on any atom is 0.346 e. The summed E-state index contributed by atoms with van der Waals surface area (Å²) < 4.78 is 24.0. The van der Waals surface area contributed by atoms with Gasteiger partial charge in [-0.1, -0.05) is 6.07 Å². The first kappa shape index (κ1) is 13.3. The van der Waals surface area contributed by atoms with Gasteiger partial charge in [0.2, 0.25) is 0 Å². The van der Waals surface area contributed by atoms with Crippen LogP contribution in [0, 0.1) is 12.7 Å². The zero-order valence-corrected chi connectivity index (χ0v) is 10.9. The standard InChI is InChI=1S/C14H14FNO3/c1-8-4-5-10(15)12-11(6-7-16-13(8)12)19-9(2)14(17)18-3/h4-7,9H,1-3H3/t9-/m0/s1. The molecule has 0 aliphatic heterocycles. The number of rotatable bonds is 3. The summed E-state index contributed by atoms with van der Waals surface area (Å²) in [6.45, 7) is 3.38. The second-order valence-corrected chi connectivity index (χ2v) is 4.18. The molecule has 100 valence electrons. The number of hydrogen-bond acceptors (Lipinski definition) is 4. The fraction of sp³-hybridized carbons (Fsp3) is 0.286. The van der Waals surface area contributed by atoms with E-state index < -0.39 is 17.9 Å². The third-order valence-corrected chi connectivity index (χ3v) is 2.84. The van der Waals surface area contributed by atoms with Crippen molar-refractivity contribution >= 4 is 16.9 Å². The van der Waals surface area contributed by atoms with Gasteiger partial charge in [0.25, 0.3) is 0 Å². The van der Waals surface area contributed by atoms with E-state index in [0.29, 0.717) is 5.52 Å². The Balaban J connectivity index is 2.50. The molecule has 0 amide bonds. The molecule has 0 fully saturated rings. The molecule has 0 saturated carbocycles. The van der Waals surface area contributed by atoms with Crippen molar-refractivity contribution in [1.82, 2.24) is 4.98 Å². The van der Waals surface area contributed by atoms with Crippen LogP contribution in [0.15, 0.2) is 24.4 Å². The maximum atomic E-state index is 13.9. The molecule has 0 saturated heterocycles. The largest absolute Gasteiger partial charge is 0.478 e. The number of hydrogen-bond donors (Lipinski definition) is 0. The molecule has 1 aromatic carbocycles. The average Bonchev–Trinajstić information content (AvgIpc) is 2.42. The molecule has 0 bridgehead atoms. The molecular formula is C14H14FNO3. The number of nitrogens with zero attached hydrogens (tertiary/aromatic N) is 1. The monoisotopic (exact) mass is 263 g/mol. The number of methoxy groups -OCH3 is 1. The molecular weight excluding hydrogens is 249 g/mol. The fourth-order valence-electron chi connectivity index (χ4n) is 1.84. The zero-order chi connectivity index (χ0) is 14.0. The Hall–Kier alpha value is -2.17. The topological polar surface area (TPSA) is 48.4 Å². The van der Waals surface area contributed by atoms with Crippen molar-refractivity contribution < 1.29 is 18.7 Å². The van der Waals surface area contributed by atoms with Gasteiger partial charge in [-0.05, 0) is 31.5 Å². The van der Waals surface area contributed by atoms with E-state index in [0.717, 1.165) is 5.56 Å². The Morgan fingerprint density at radius 2 is 2.11 bits per heavy atom. The zero-order valence-electron chi connectivity index (χ0n) is 10.9. The van der Waals surface area contributed by atoms with Gasteiger partial charge in [0, 0.05) is 6.20 Å². The van der Waals surface area contributed by atoms with E-state index in [4.69, 9.17) is 4.74 Å². The molecule has 19 heavy (non-hydrogen) atoms. The summed E-state index contributed by atoms with van der Waals surface area (Å²) in [5, 5.41) is 0.276. The first-order valence-electron chi connectivity index (χ1n) is 5.83. The highest BCUT2D eigenvalue weighted by Crippen LogP contribution is 2.29. The van der Waals surface area contributed by atoms with E-state index in [9.17, 15) is 9.18 Å². The van der Waals surface area contributed by atoms with E-state index in [2.05, 4.69) is 9.72 Å². The summed E-state index contributed by atoms with van der Waals surface area (Å²) in [5.74, 6) is -0.664. The molecule has 0 N–H and O–H groups in total. The van der Waals surface area contributed by atoms with E-state index in [-0.39, 0.29) is 11.1 Å². The van der Waals surface area contributed by atoms with Gasteiger partial charge in [-0.3, -0.25) is 4.98 Å². The molecule has 1 aromatic heterocycles. The van der Waals surface area contributed by atoms with Crippen LogP contribution in [-0.2, 0) is 9.53 Å². The fourth-order valence-corrected chi connectivity index (χ4v) is 1.84. The highest BCUT2D eigenvalue weighted by atomic mass is 19.1. The van der Waals surface area contributed by atoms with Crippen molar-refractivity contribution in [3.63, 3.8) is 0 Å². The van der Waals surface area contributed by atoms with Gasteiger partial charge in [0.15, 0.2) is 6.10 Å². The van der Waals surface area contributed by atoms with Gasteiger partial charge >= 0.3 is 5.97 Å². The Kier molecular flexibility index (Phi) is 3.64. The van der Waals surface area contributed by atoms with Crippen LogP contribution in [0.5, 0.6) is 5.75 Å². The van der Waals surface area contributed by atoms with Crippen LogP contribution in [0.4, 0.5) is 4.39 Å². The van der Waals surface area contributed by atoms with E-state index in [1.807, 2.05) is 6.92 Å². The second-order valence-electron chi connectivity index (χ2n) is 4.18. The Bertz CT molecular complexity index is 627. The minimum absolute atomic E-state index is 0.276. The quantitative estimate of drug-likeness (QED) is 0.799. The molecule has 0 radical (unpaired) electrons. The lowest BCUT2D eigenvalue weighted by atomic mass is 10.1. The van der Waals surface area contributed by atoms with Crippen molar-refractivity contribution in [2.45, 2.75) is 20.0 Å². The first-order valence-corrected chi connectivity index (χ1v) is 5.83. The molecule has 2 rings (SSSR count).